The van der Waals surface area contributed by atoms with Crippen molar-refractivity contribution >= 4 is 0 Å². The van der Waals surface area contributed by atoms with Gasteiger partial charge in [-0.2, -0.15) is 10.1 Å². The minimum atomic E-state index is -0.207. The Kier molecular flexibility index (Phi) is 5.43. The average molecular weight is 306 g/mol. The first-order valence-electron chi connectivity index (χ1n) is 7.33. The van der Waals surface area contributed by atoms with Crippen LogP contribution in [0.15, 0.2) is 10.6 Å². The molecule has 0 aliphatic carbocycles. The van der Waals surface area contributed by atoms with Gasteiger partial charge in [0.1, 0.15) is 6.10 Å². The summed E-state index contributed by atoms with van der Waals surface area (Å²) in [6.45, 7) is 10.7. The SMILES string of the molecule is Cc1cc(OCc2nc(C(C)OCC(C)C)no2)nnc1C. The van der Waals surface area contributed by atoms with Gasteiger partial charge in [0.25, 0.3) is 5.89 Å². The summed E-state index contributed by atoms with van der Waals surface area (Å²) in [6.07, 6.45) is -0.207. The van der Waals surface area contributed by atoms with E-state index in [0.717, 1.165) is 11.3 Å². The van der Waals surface area contributed by atoms with E-state index in [1.54, 1.807) is 0 Å². The molecule has 7 nitrogen and oxygen atoms in total. The quantitative estimate of drug-likeness (QED) is 0.777. The average Bonchev–Trinajstić information content (AvgIpc) is 2.95. The van der Waals surface area contributed by atoms with E-state index in [0.29, 0.717) is 30.1 Å². The van der Waals surface area contributed by atoms with Crippen LogP contribution in [0.2, 0.25) is 0 Å². The van der Waals surface area contributed by atoms with Gasteiger partial charge in [-0.1, -0.05) is 19.0 Å². The van der Waals surface area contributed by atoms with Crippen LogP contribution in [0.3, 0.4) is 0 Å². The summed E-state index contributed by atoms with van der Waals surface area (Å²) in [5.41, 5.74) is 1.90. The van der Waals surface area contributed by atoms with Crippen molar-refractivity contribution in [1.82, 2.24) is 20.3 Å². The van der Waals surface area contributed by atoms with Crippen LogP contribution < -0.4 is 4.74 Å². The molecule has 2 heterocycles. The fourth-order valence-electron chi connectivity index (χ4n) is 1.63. The highest BCUT2D eigenvalue weighted by atomic mass is 16.5. The fourth-order valence-corrected chi connectivity index (χ4v) is 1.63. The van der Waals surface area contributed by atoms with Crippen molar-refractivity contribution in [3.8, 4) is 5.88 Å². The summed E-state index contributed by atoms with van der Waals surface area (Å²) in [4.78, 5) is 4.27. The van der Waals surface area contributed by atoms with E-state index < -0.39 is 0 Å². The number of ether oxygens (including phenoxy) is 2. The van der Waals surface area contributed by atoms with Gasteiger partial charge in [-0.05, 0) is 32.3 Å². The number of rotatable bonds is 7. The van der Waals surface area contributed by atoms with E-state index in [4.69, 9.17) is 14.0 Å². The largest absolute Gasteiger partial charge is 0.466 e. The van der Waals surface area contributed by atoms with Crippen molar-refractivity contribution in [2.45, 2.75) is 47.3 Å². The molecule has 2 rings (SSSR count). The summed E-state index contributed by atoms with van der Waals surface area (Å²) < 4.78 is 16.3. The lowest BCUT2D eigenvalue weighted by Crippen LogP contribution is -2.08. The van der Waals surface area contributed by atoms with Crippen LogP contribution in [0.1, 0.15) is 49.8 Å². The van der Waals surface area contributed by atoms with Crippen molar-refractivity contribution in [2.24, 2.45) is 5.92 Å². The summed E-state index contributed by atoms with van der Waals surface area (Å²) in [7, 11) is 0. The summed E-state index contributed by atoms with van der Waals surface area (Å²) in [5, 5.41) is 11.9. The Morgan fingerprint density at radius 1 is 1.18 bits per heavy atom. The maximum atomic E-state index is 5.65. The lowest BCUT2D eigenvalue weighted by Gasteiger charge is -2.10. The topological polar surface area (TPSA) is 83.2 Å². The van der Waals surface area contributed by atoms with Crippen molar-refractivity contribution in [2.75, 3.05) is 6.61 Å². The Balaban J connectivity index is 1.90. The van der Waals surface area contributed by atoms with Gasteiger partial charge in [0.15, 0.2) is 12.4 Å². The Bertz CT molecular complexity index is 613. The molecule has 7 heteroatoms. The van der Waals surface area contributed by atoms with Gasteiger partial charge in [0.2, 0.25) is 5.88 Å². The van der Waals surface area contributed by atoms with Crippen molar-refractivity contribution in [1.29, 1.82) is 0 Å². The number of hydrogen-bond donors (Lipinski definition) is 0. The standard InChI is InChI=1S/C15H22N4O3/c1-9(2)7-20-12(5)15-16-14(22-19-15)8-21-13-6-10(3)11(4)17-18-13/h6,9,12H,7-8H2,1-5H3. The lowest BCUT2D eigenvalue weighted by molar-refractivity contribution is 0.0402. The highest BCUT2D eigenvalue weighted by Gasteiger charge is 2.15. The third-order valence-corrected chi connectivity index (χ3v) is 3.08. The zero-order valence-corrected chi connectivity index (χ0v) is 13.7. The smallest absolute Gasteiger partial charge is 0.264 e. The maximum Gasteiger partial charge on any atom is 0.264 e. The van der Waals surface area contributed by atoms with Crippen molar-refractivity contribution in [3.05, 3.63) is 29.0 Å². The predicted octanol–water partition coefficient (Wildman–Crippen LogP) is 2.79. The van der Waals surface area contributed by atoms with Gasteiger partial charge < -0.3 is 14.0 Å². The molecule has 1 unspecified atom stereocenters. The summed E-state index contributed by atoms with van der Waals surface area (Å²) in [5.74, 6) is 1.80. The monoisotopic (exact) mass is 306 g/mol. The molecule has 0 radical (unpaired) electrons. The third kappa shape index (κ3) is 4.49. The highest BCUT2D eigenvalue weighted by Crippen LogP contribution is 2.16. The van der Waals surface area contributed by atoms with E-state index in [9.17, 15) is 0 Å². The van der Waals surface area contributed by atoms with Gasteiger partial charge in [-0.15, -0.1) is 5.10 Å². The van der Waals surface area contributed by atoms with E-state index in [2.05, 4.69) is 34.2 Å². The first kappa shape index (κ1) is 16.4. The Morgan fingerprint density at radius 2 is 1.95 bits per heavy atom. The Hall–Kier alpha value is -2.02. The maximum absolute atomic E-state index is 5.65. The van der Waals surface area contributed by atoms with Crippen LogP contribution in [-0.4, -0.2) is 26.9 Å². The molecular weight excluding hydrogens is 284 g/mol. The zero-order valence-electron chi connectivity index (χ0n) is 13.7. The van der Waals surface area contributed by atoms with Crippen LogP contribution in [-0.2, 0) is 11.3 Å². The Labute approximate surface area is 130 Å². The van der Waals surface area contributed by atoms with Gasteiger partial charge in [-0.3, -0.25) is 0 Å². The number of hydrogen-bond acceptors (Lipinski definition) is 7. The molecule has 120 valence electrons. The predicted molar refractivity (Wildman–Crippen MR) is 79.3 cm³/mol. The normalized spacial score (nSPS) is 12.6. The second-order valence-electron chi connectivity index (χ2n) is 5.66. The Morgan fingerprint density at radius 3 is 2.64 bits per heavy atom. The minimum Gasteiger partial charge on any atom is -0.466 e. The molecule has 0 saturated carbocycles. The van der Waals surface area contributed by atoms with Crippen LogP contribution in [0.25, 0.3) is 0 Å². The molecule has 1 atom stereocenters. The first-order valence-corrected chi connectivity index (χ1v) is 7.33. The molecule has 0 saturated heterocycles. The van der Waals surface area contributed by atoms with Crippen LogP contribution >= 0.6 is 0 Å². The minimum absolute atomic E-state index is 0.154. The van der Waals surface area contributed by atoms with Gasteiger partial charge in [0.05, 0.1) is 5.69 Å². The molecule has 22 heavy (non-hydrogen) atoms. The molecule has 2 aromatic rings. The molecule has 0 spiro atoms. The molecule has 0 aliphatic heterocycles. The van der Waals surface area contributed by atoms with E-state index in [1.165, 1.54) is 0 Å². The van der Waals surface area contributed by atoms with Crippen LogP contribution in [0.5, 0.6) is 5.88 Å². The van der Waals surface area contributed by atoms with E-state index in [-0.39, 0.29) is 12.7 Å². The summed E-state index contributed by atoms with van der Waals surface area (Å²) >= 11 is 0. The molecule has 0 amide bonds. The van der Waals surface area contributed by atoms with E-state index in [1.807, 2.05) is 26.8 Å². The molecule has 0 aliphatic rings. The van der Waals surface area contributed by atoms with Gasteiger partial charge in [0, 0.05) is 12.7 Å². The molecule has 0 aromatic carbocycles. The second-order valence-corrected chi connectivity index (χ2v) is 5.66. The summed E-state index contributed by atoms with van der Waals surface area (Å²) in [6, 6.07) is 1.83. The van der Waals surface area contributed by atoms with Crippen LogP contribution in [0, 0.1) is 19.8 Å². The number of nitrogens with zero attached hydrogens (tertiary/aromatic N) is 4. The van der Waals surface area contributed by atoms with Crippen molar-refractivity contribution < 1.29 is 14.0 Å². The first-order chi connectivity index (χ1) is 10.5. The highest BCUT2D eigenvalue weighted by molar-refractivity contribution is 5.21. The molecule has 0 N–H and O–H groups in total. The lowest BCUT2D eigenvalue weighted by atomic mass is 10.2. The third-order valence-electron chi connectivity index (χ3n) is 3.08. The van der Waals surface area contributed by atoms with Crippen molar-refractivity contribution in [3.63, 3.8) is 0 Å². The number of aryl methyl sites for hydroxylation is 2. The van der Waals surface area contributed by atoms with Gasteiger partial charge in [-0.25, -0.2) is 0 Å². The molecule has 0 bridgehead atoms. The number of aromatic nitrogens is 4. The molecule has 0 fully saturated rings. The zero-order chi connectivity index (χ0) is 16.1. The molecular formula is C15H22N4O3. The second kappa shape index (κ2) is 7.31. The van der Waals surface area contributed by atoms with Gasteiger partial charge >= 0.3 is 0 Å². The van der Waals surface area contributed by atoms with Crippen LogP contribution in [0.4, 0.5) is 0 Å². The molecule has 2 aromatic heterocycles. The van der Waals surface area contributed by atoms with E-state index >= 15 is 0 Å². The fraction of sp³-hybridized carbons (Fsp3) is 0.600.